The summed E-state index contributed by atoms with van der Waals surface area (Å²) < 4.78 is 15.8. The number of likely N-dealkylation sites (tertiary alicyclic amines) is 1. The normalized spacial score (nSPS) is 27.3. The van der Waals surface area contributed by atoms with Crippen molar-refractivity contribution in [3.63, 3.8) is 0 Å². The highest BCUT2D eigenvalue weighted by atomic mass is 16.7. The van der Waals surface area contributed by atoms with Crippen LogP contribution in [0.15, 0.2) is 47.2 Å². The second kappa shape index (κ2) is 6.91. The van der Waals surface area contributed by atoms with E-state index in [1.54, 1.807) is 13.8 Å². The number of hydrogen-bond acceptors (Lipinski definition) is 6. The summed E-state index contributed by atoms with van der Waals surface area (Å²) in [5.74, 6) is -1.47. The van der Waals surface area contributed by atoms with Crippen molar-refractivity contribution in [2.45, 2.75) is 38.5 Å². The number of cyclic esters (lactones) is 1. The van der Waals surface area contributed by atoms with E-state index in [1.807, 2.05) is 24.3 Å². The topological polar surface area (TPSA) is 82.1 Å². The van der Waals surface area contributed by atoms with Crippen molar-refractivity contribution < 1.29 is 28.6 Å². The Kier molecular flexibility index (Phi) is 4.55. The van der Waals surface area contributed by atoms with Gasteiger partial charge in [0.15, 0.2) is 0 Å². The number of fused-ring (bicyclic) bond motifs is 3. The molecule has 1 aromatic rings. The minimum Gasteiger partial charge on any atom is -0.458 e. The van der Waals surface area contributed by atoms with Gasteiger partial charge in [0.25, 0.3) is 18.1 Å². The molecule has 146 valence electrons. The number of esters is 1. The Bertz CT molecular complexity index is 931. The molecule has 2 amide bonds. The molecule has 0 aromatic heterocycles. The molecule has 1 saturated heterocycles. The number of methoxy groups -OCH3 is 1. The van der Waals surface area contributed by atoms with Crippen LogP contribution in [0.3, 0.4) is 0 Å². The number of rotatable bonds is 4. The van der Waals surface area contributed by atoms with Gasteiger partial charge in [-0.25, -0.2) is 4.79 Å². The molecule has 2 aliphatic heterocycles. The molecule has 0 spiro atoms. The van der Waals surface area contributed by atoms with Gasteiger partial charge in [-0.15, -0.1) is 0 Å². The number of carbonyl (C=O) groups is 3. The standard InChI is InChI=1S/C21H21NO6/c1-11-12(2)21(28-20(11)25)27-9-15-18-14-7-5-4-6-13(14)8-16(18)22(19(15)24)17(23)10-26-3/h4-7,9,16,18,21H,8,10H2,1-3H3/b15-9+. The molecule has 1 fully saturated rings. The fourth-order valence-corrected chi connectivity index (χ4v) is 4.10. The molecule has 2 heterocycles. The van der Waals surface area contributed by atoms with E-state index in [1.165, 1.54) is 18.3 Å². The maximum atomic E-state index is 13.0. The summed E-state index contributed by atoms with van der Waals surface area (Å²) in [6, 6.07) is 7.53. The van der Waals surface area contributed by atoms with Crippen molar-refractivity contribution in [1.29, 1.82) is 0 Å². The summed E-state index contributed by atoms with van der Waals surface area (Å²) in [6.45, 7) is 3.26. The maximum Gasteiger partial charge on any atom is 0.337 e. The lowest BCUT2D eigenvalue weighted by Gasteiger charge is -2.21. The van der Waals surface area contributed by atoms with E-state index in [4.69, 9.17) is 14.2 Å². The van der Waals surface area contributed by atoms with E-state index in [9.17, 15) is 14.4 Å². The van der Waals surface area contributed by atoms with Crippen molar-refractivity contribution >= 4 is 17.8 Å². The Morgan fingerprint density at radius 2 is 2.04 bits per heavy atom. The molecule has 7 heteroatoms. The number of amides is 2. The minimum absolute atomic E-state index is 0.166. The van der Waals surface area contributed by atoms with Crippen LogP contribution in [0, 0.1) is 0 Å². The summed E-state index contributed by atoms with van der Waals surface area (Å²) in [5.41, 5.74) is 3.67. The van der Waals surface area contributed by atoms with Crippen molar-refractivity contribution in [3.05, 3.63) is 58.4 Å². The molecule has 0 bridgehead atoms. The van der Waals surface area contributed by atoms with Crippen LogP contribution in [0.4, 0.5) is 0 Å². The molecule has 1 aliphatic carbocycles. The molecule has 28 heavy (non-hydrogen) atoms. The number of nitrogens with zero attached hydrogens (tertiary/aromatic N) is 1. The highest BCUT2D eigenvalue weighted by Crippen LogP contribution is 2.46. The van der Waals surface area contributed by atoms with E-state index >= 15 is 0 Å². The van der Waals surface area contributed by atoms with Gasteiger partial charge in [-0.1, -0.05) is 24.3 Å². The first-order valence-electron chi connectivity index (χ1n) is 9.11. The molecule has 1 aromatic carbocycles. The highest BCUT2D eigenvalue weighted by Gasteiger charge is 2.51. The van der Waals surface area contributed by atoms with E-state index in [2.05, 4.69) is 0 Å². The third-order valence-electron chi connectivity index (χ3n) is 5.66. The number of carbonyl (C=O) groups excluding carboxylic acids is 3. The van der Waals surface area contributed by atoms with E-state index in [0.29, 0.717) is 23.1 Å². The minimum atomic E-state index is -0.855. The smallest absolute Gasteiger partial charge is 0.337 e. The van der Waals surface area contributed by atoms with Crippen molar-refractivity contribution in [2.24, 2.45) is 0 Å². The Labute approximate surface area is 162 Å². The van der Waals surface area contributed by atoms with Crippen LogP contribution in [-0.4, -0.2) is 48.7 Å². The first-order chi connectivity index (χ1) is 13.4. The summed E-state index contributed by atoms with van der Waals surface area (Å²) in [4.78, 5) is 38.5. The van der Waals surface area contributed by atoms with Gasteiger partial charge < -0.3 is 14.2 Å². The fraction of sp³-hybridized carbons (Fsp3) is 0.381. The second-order valence-electron chi connectivity index (χ2n) is 7.20. The largest absolute Gasteiger partial charge is 0.458 e. The number of imide groups is 1. The van der Waals surface area contributed by atoms with Gasteiger partial charge in [-0.05, 0) is 31.4 Å². The van der Waals surface area contributed by atoms with Crippen LogP contribution >= 0.6 is 0 Å². The molecule has 3 unspecified atom stereocenters. The molecule has 7 nitrogen and oxygen atoms in total. The Morgan fingerprint density at radius 3 is 2.71 bits per heavy atom. The van der Waals surface area contributed by atoms with Gasteiger partial charge in [-0.3, -0.25) is 14.5 Å². The van der Waals surface area contributed by atoms with Gasteiger partial charge in [0.1, 0.15) is 6.61 Å². The SMILES string of the molecule is COCC(=O)N1C(=O)/C(=C/OC2OC(=O)C(C)=C2C)C2c3ccccc3CC21. The number of benzene rings is 1. The predicted octanol–water partition coefficient (Wildman–Crippen LogP) is 1.83. The maximum absolute atomic E-state index is 13.0. The quantitative estimate of drug-likeness (QED) is 0.448. The number of hydrogen-bond donors (Lipinski definition) is 0. The molecule has 0 N–H and O–H groups in total. The summed E-state index contributed by atoms with van der Waals surface area (Å²) >= 11 is 0. The molecule has 0 saturated carbocycles. The van der Waals surface area contributed by atoms with Gasteiger partial charge in [0.2, 0.25) is 0 Å². The zero-order valence-electron chi connectivity index (χ0n) is 15.9. The Morgan fingerprint density at radius 1 is 1.29 bits per heavy atom. The molecule has 3 aliphatic rings. The zero-order chi connectivity index (χ0) is 20.0. The van der Waals surface area contributed by atoms with Crippen LogP contribution in [0.1, 0.15) is 30.9 Å². The first-order valence-corrected chi connectivity index (χ1v) is 9.11. The van der Waals surface area contributed by atoms with Crippen molar-refractivity contribution in [1.82, 2.24) is 4.90 Å². The van der Waals surface area contributed by atoms with Crippen LogP contribution in [0.25, 0.3) is 0 Å². The van der Waals surface area contributed by atoms with Crippen LogP contribution in [0.5, 0.6) is 0 Å². The van der Waals surface area contributed by atoms with Crippen LogP contribution in [0.2, 0.25) is 0 Å². The fourth-order valence-electron chi connectivity index (χ4n) is 4.10. The second-order valence-corrected chi connectivity index (χ2v) is 7.20. The van der Waals surface area contributed by atoms with Gasteiger partial charge in [-0.2, -0.15) is 0 Å². The summed E-state index contributed by atoms with van der Waals surface area (Å²) in [6.07, 6.45) is 1.09. The van der Waals surface area contributed by atoms with Crippen LogP contribution in [-0.2, 0) is 35.0 Å². The lowest BCUT2D eigenvalue weighted by Crippen LogP contribution is -2.41. The van der Waals surface area contributed by atoms with E-state index in [0.717, 1.165) is 11.1 Å². The van der Waals surface area contributed by atoms with Gasteiger partial charge >= 0.3 is 5.97 Å². The predicted molar refractivity (Wildman–Crippen MR) is 97.8 cm³/mol. The average molecular weight is 383 g/mol. The molecule has 3 atom stereocenters. The first kappa shape index (κ1) is 18.4. The molecular formula is C21H21NO6. The third kappa shape index (κ3) is 2.74. The number of ether oxygens (including phenoxy) is 3. The molecule has 4 rings (SSSR count). The highest BCUT2D eigenvalue weighted by molar-refractivity contribution is 6.09. The molecular weight excluding hydrogens is 362 g/mol. The zero-order valence-corrected chi connectivity index (χ0v) is 15.9. The van der Waals surface area contributed by atoms with Crippen LogP contribution < -0.4 is 0 Å². The lowest BCUT2D eigenvalue weighted by atomic mass is 9.94. The Balaban J connectivity index is 1.68. The summed E-state index contributed by atoms with van der Waals surface area (Å²) in [7, 11) is 1.42. The Hall–Kier alpha value is -2.93. The monoisotopic (exact) mass is 383 g/mol. The van der Waals surface area contributed by atoms with Gasteiger partial charge in [0, 0.05) is 24.2 Å². The van der Waals surface area contributed by atoms with Crippen molar-refractivity contribution in [3.8, 4) is 0 Å². The lowest BCUT2D eigenvalue weighted by molar-refractivity contribution is -0.153. The van der Waals surface area contributed by atoms with E-state index in [-0.39, 0.29) is 24.5 Å². The average Bonchev–Trinajstić information content (AvgIpc) is 3.25. The third-order valence-corrected chi connectivity index (χ3v) is 5.66. The molecule has 0 radical (unpaired) electrons. The van der Waals surface area contributed by atoms with E-state index < -0.39 is 18.2 Å². The van der Waals surface area contributed by atoms with Gasteiger partial charge in [0.05, 0.1) is 17.9 Å². The summed E-state index contributed by atoms with van der Waals surface area (Å²) in [5, 5.41) is 0. The van der Waals surface area contributed by atoms with Crippen molar-refractivity contribution in [2.75, 3.05) is 13.7 Å².